The van der Waals surface area contributed by atoms with Crippen LogP contribution in [0.1, 0.15) is 19.3 Å². The van der Waals surface area contributed by atoms with Gasteiger partial charge in [-0.15, -0.1) is 12.4 Å². The Morgan fingerprint density at radius 1 is 1.23 bits per heavy atom. The summed E-state index contributed by atoms with van der Waals surface area (Å²) in [6, 6.07) is 10.5. The largest absolute Gasteiger partial charge is 0.356 e. The molecule has 5 heteroatoms. The summed E-state index contributed by atoms with van der Waals surface area (Å²) in [5, 5.41) is 7.65. The lowest BCUT2D eigenvalue weighted by molar-refractivity contribution is -0.125. The molecule has 2 heterocycles. The third kappa shape index (κ3) is 4.02. The smallest absolute Gasteiger partial charge is 0.223 e. The van der Waals surface area contributed by atoms with Crippen LogP contribution in [0.2, 0.25) is 0 Å². The number of nitrogens with one attached hydrogen (secondary N) is 2. The fourth-order valence-corrected chi connectivity index (χ4v) is 3.03. The van der Waals surface area contributed by atoms with E-state index in [1.165, 1.54) is 10.9 Å². The van der Waals surface area contributed by atoms with Crippen molar-refractivity contribution in [2.45, 2.75) is 25.8 Å². The molecule has 22 heavy (non-hydrogen) atoms. The highest BCUT2D eigenvalue weighted by atomic mass is 35.5. The molecule has 1 saturated heterocycles. The number of nitrogens with zero attached hydrogens (tertiary/aromatic N) is 1. The molecule has 0 unspecified atom stereocenters. The summed E-state index contributed by atoms with van der Waals surface area (Å²) in [7, 11) is 0. The predicted octanol–water partition coefficient (Wildman–Crippen LogP) is 2.57. The lowest BCUT2D eigenvalue weighted by Crippen LogP contribution is -2.38. The van der Waals surface area contributed by atoms with Crippen molar-refractivity contribution >= 4 is 29.2 Å². The molecular formula is C17H24ClN3O. The number of piperidine rings is 1. The number of para-hydroxylation sites is 1. The minimum Gasteiger partial charge on any atom is -0.356 e. The highest BCUT2D eigenvalue weighted by Gasteiger charge is 2.19. The van der Waals surface area contributed by atoms with Crippen molar-refractivity contribution in [2.24, 2.45) is 5.92 Å². The summed E-state index contributed by atoms with van der Waals surface area (Å²) in [4.78, 5) is 12.0. The molecule has 120 valence electrons. The van der Waals surface area contributed by atoms with Gasteiger partial charge in [-0.1, -0.05) is 18.2 Å². The second-order valence-corrected chi connectivity index (χ2v) is 5.74. The van der Waals surface area contributed by atoms with E-state index in [2.05, 4.69) is 51.7 Å². The number of carbonyl (C=O) groups excluding carboxylic acids is 1. The van der Waals surface area contributed by atoms with Crippen LogP contribution in [0, 0.1) is 5.92 Å². The third-order valence-electron chi connectivity index (χ3n) is 4.27. The van der Waals surface area contributed by atoms with Gasteiger partial charge in [0.15, 0.2) is 0 Å². The minimum absolute atomic E-state index is 0. The van der Waals surface area contributed by atoms with Crippen LogP contribution >= 0.6 is 12.4 Å². The van der Waals surface area contributed by atoms with Crippen LogP contribution in [-0.2, 0) is 11.3 Å². The topological polar surface area (TPSA) is 46.1 Å². The van der Waals surface area contributed by atoms with Crippen LogP contribution in [0.5, 0.6) is 0 Å². The molecule has 2 N–H and O–H groups in total. The molecular weight excluding hydrogens is 298 g/mol. The molecule has 4 nitrogen and oxygen atoms in total. The molecule has 3 rings (SSSR count). The molecule has 0 bridgehead atoms. The number of benzene rings is 1. The van der Waals surface area contributed by atoms with Crippen molar-refractivity contribution in [2.75, 3.05) is 19.6 Å². The maximum absolute atomic E-state index is 12.0. The molecule has 1 aliphatic heterocycles. The number of halogens is 1. The Morgan fingerprint density at radius 3 is 2.82 bits per heavy atom. The first-order chi connectivity index (χ1) is 10.3. The van der Waals surface area contributed by atoms with Crippen LogP contribution in [0.25, 0.3) is 10.9 Å². The van der Waals surface area contributed by atoms with Gasteiger partial charge < -0.3 is 15.2 Å². The Labute approximate surface area is 137 Å². The molecule has 0 radical (unpaired) electrons. The predicted molar refractivity (Wildman–Crippen MR) is 92.4 cm³/mol. The molecule has 1 aromatic heterocycles. The van der Waals surface area contributed by atoms with Crippen LogP contribution < -0.4 is 10.6 Å². The Kier molecular flexibility index (Phi) is 6.28. The number of fused-ring (bicyclic) bond motifs is 1. The van der Waals surface area contributed by atoms with E-state index in [0.29, 0.717) is 0 Å². The van der Waals surface area contributed by atoms with E-state index in [1.807, 2.05) is 0 Å². The quantitative estimate of drug-likeness (QED) is 0.831. The second-order valence-electron chi connectivity index (χ2n) is 5.74. The summed E-state index contributed by atoms with van der Waals surface area (Å²) in [5.41, 5.74) is 1.27. The van der Waals surface area contributed by atoms with E-state index in [0.717, 1.165) is 45.4 Å². The van der Waals surface area contributed by atoms with Crippen molar-refractivity contribution in [1.82, 2.24) is 15.2 Å². The molecule has 1 fully saturated rings. The zero-order valence-corrected chi connectivity index (χ0v) is 13.6. The molecule has 1 aromatic carbocycles. The highest BCUT2D eigenvalue weighted by molar-refractivity contribution is 5.85. The lowest BCUT2D eigenvalue weighted by atomic mass is 9.97. The van der Waals surface area contributed by atoms with Crippen molar-refractivity contribution in [3.05, 3.63) is 36.5 Å². The molecule has 1 aliphatic rings. The van der Waals surface area contributed by atoms with E-state index < -0.39 is 0 Å². The average Bonchev–Trinajstić information content (AvgIpc) is 2.95. The van der Waals surface area contributed by atoms with Gasteiger partial charge in [0.2, 0.25) is 5.91 Å². The van der Waals surface area contributed by atoms with Crippen LogP contribution in [0.3, 0.4) is 0 Å². The van der Waals surface area contributed by atoms with Gasteiger partial charge in [0.1, 0.15) is 0 Å². The van der Waals surface area contributed by atoms with Gasteiger partial charge in [0, 0.05) is 30.7 Å². The van der Waals surface area contributed by atoms with Crippen LogP contribution in [0.15, 0.2) is 36.5 Å². The van der Waals surface area contributed by atoms with Gasteiger partial charge in [0.25, 0.3) is 0 Å². The Bertz CT molecular complexity index is 605. The van der Waals surface area contributed by atoms with E-state index in [-0.39, 0.29) is 24.2 Å². The maximum atomic E-state index is 12.0. The van der Waals surface area contributed by atoms with Gasteiger partial charge in [0.05, 0.1) is 0 Å². The zero-order chi connectivity index (χ0) is 14.5. The van der Waals surface area contributed by atoms with Gasteiger partial charge >= 0.3 is 0 Å². The number of rotatable bonds is 5. The number of hydrogen-bond acceptors (Lipinski definition) is 2. The lowest BCUT2D eigenvalue weighted by Gasteiger charge is -2.21. The maximum Gasteiger partial charge on any atom is 0.223 e. The SMILES string of the molecule is Cl.O=C(NCCCn1ccc2ccccc21)C1CCNCC1. The van der Waals surface area contributed by atoms with Gasteiger partial charge in [-0.2, -0.15) is 0 Å². The van der Waals surface area contributed by atoms with Gasteiger partial charge in [-0.25, -0.2) is 0 Å². The van der Waals surface area contributed by atoms with E-state index in [9.17, 15) is 4.79 Å². The van der Waals surface area contributed by atoms with Crippen molar-refractivity contribution in [3.8, 4) is 0 Å². The molecule has 1 amide bonds. The summed E-state index contributed by atoms with van der Waals surface area (Å²) in [5.74, 6) is 0.438. The van der Waals surface area contributed by atoms with Crippen molar-refractivity contribution in [1.29, 1.82) is 0 Å². The summed E-state index contributed by atoms with van der Waals surface area (Å²) in [6.45, 7) is 3.64. The molecule has 0 saturated carbocycles. The second kappa shape index (κ2) is 8.20. The Hall–Kier alpha value is -1.52. The van der Waals surface area contributed by atoms with Crippen molar-refractivity contribution in [3.63, 3.8) is 0 Å². The summed E-state index contributed by atoms with van der Waals surface area (Å²) >= 11 is 0. The Morgan fingerprint density at radius 2 is 2.00 bits per heavy atom. The normalized spacial score (nSPS) is 15.5. The van der Waals surface area contributed by atoms with Crippen LogP contribution in [0.4, 0.5) is 0 Å². The average molecular weight is 322 g/mol. The number of amides is 1. The minimum atomic E-state index is 0. The van der Waals surface area contributed by atoms with E-state index in [1.54, 1.807) is 0 Å². The van der Waals surface area contributed by atoms with Gasteiger partial charge in [-0.05, 0) is 49.9 Å². The van der Waals surface area contributed by atoms with Crippen molar-refractivity contribution < 1.29 is 4.79 Å². The first-order valence-electron chi connectivity index (χ1n) is 7.87. The standard InChI is InChI=1S/C17H23N3O.ClH/c21-17(15-6-10-18-11-7-15)19-9-3-12-20-13-8-14-4-1-2-5-16(14)20;/h1-2,4-5,8,13,15,18H,3,6-7,9-12H2,(H,19,21);1H. The molecule has 2 aromatic rings. The first kappa shape index (κ1) is 16.8. The number of aryl methyl sites for hydroxylation is 1. The van der Waals surface area contributed by atoms with E-state index in [4.69, 9.17) is 0 Å². The monoisotopic (exact) mass is 321 g/mol. The summed E-state index contributed by atoms with van der Waals surface area (Å²) in [6.07, 6.45) is 5.02. The van der Waals surface area contributed by atoms with E-state index >= 15 is 0 Å². The summed E-state index contributed by atoms with van der Waals surface area (Å²) < 4.78 is 2.26. The van der Waals surface area contributed by atoms with Gasteiger partial charge in [-0.3, -0.25) is 4.79 Å². The van der Waals surface area contributed by atoms with Crippen LogP contribution in [-0.4, -0.2) is 30.1 Å². The Balaban J connectivity index is 0.00000176. The number of hydrogen-bond donors (Lipinski definition) is 2. The number of aromatic nitrogens is 1. The molecule has 0 spiro atoms. The zero-order valence-electron chi connectivity index (χ0n) is 12.8. The number of carbonyl (C=O) groups is 1. The fraction of sp³-hybridized carbons (Fsp3) is 0.471. The highest BCUT2D eigenvalue weighted by Crippen LogP contribution is 2.15. The first-order valence-corrected chi connectivity index (χ1v) is 7.87. The fourth-order valence-electron chi connectivity index (χ4n) is 3.03. The molecule has 0 atom stereocenters. The molecule has 0 aliphatic carbocycles. The third-order valence-corrected chi connectivity index (χ3v) is 4.27.